The van der Waals surface area contributed by atoms with Crippen LogP contribution in [-0.4, -0.2) is 23.9 Å². The van der Waals surface area contributed by atoms with E-state index in [0.29, 0.717) is 44.5 Å². The van der Waals surface area contributed by atoms with Crippen LogP contribution in [0.25, 0.3) is 6.08 Å². The summed E-state index contributed by atoms with van der Waals surface area (Å²) in [5, 5.41) is 0.547. The van der Waals surface area contributed by atoms with E-state index in [1.807, 2.05) is 31.2 Å². The Hall–Kier alpha value is -2.28. The van der Waals surface area contributed by atoms with Crippen LogP contribution in [0.5, 0.6) is 11.5 Å². The number of amides is 1. The summed E-state index contributed by atoms with van der Waals surface area (Å²) in [5.41, 5.74) is 2.42. The van der Waals surface area contributed by atoms with Crippen molar-refractivity contribution in [2.24, 2.45) is 0 Å². The van der Waals surface area contributed by atoms with E-state index >= 15 is 0 Å². The van der Waals surface area contributed by atoms with Gasteiger partial charge in [0.05, 0.1) is 24.3 Å². The number of hydrogen-bond acceptors (Lipinski definition) is 5. The van der Waals surface area contributed by atoms with Crippen molar-refractivity contribution in [1.29, 1.82) is 0 Å². The molecule has 3 rings (SSSR count). The summed E-state index contributed by atoms with van der Waals surface area (Å²) in [4.78, 5) is 15.0. The minimum Gasteiger partial charge on any atom is -0.493 e. The first-order valence-corrected chi connectivity index (χ1v) is 10.6. The summed E-state index contributed by atoms with van der Waals surface area (Å²) in [6, 6.07) is 10.9. The molecule has 0 spiro atoms. The summed E-state index contributed by atoms with van der Waals surface area (Å²) in [7, 11) is 1.61. The summed E-state index contributed by atoms with van der Waals surface area (Å²) < 4.78 is 11.7. The Morgan fingerprint density at radius 2 is 2.10 bits per heavy atom. The third kappa shape index (κ3) is 4.66. The molecule has 2 aromatic rings. The van der Waals surface area contributed by atoms with E-state index in [0.717, 1.165) is 11.1 Å². The van der Waals surface area contributed by atoms with Gasteiger partial charge in [-0.1, -0.05) is 47.7 Å². The van der Waals surface area contributed by atoms with Crippen molar-refractivity contribution in [3.05, 3.63) is 70.1 Å². The molecule has 1 heterocycles. The van der Waals surface area contributed by atoms with Gasteiger partial charge in [-0.2, -0.15) is 0 Å². The van der Waals surface area contributed by atoms with Crippen LogP contribution in [0.1, 0.15) is 18.1 Å². The van der Waals surface area contributed by atoms with E-state index in [2.05, 4.69) is 6.58 Å². The first-order valence-electron chi connectivity index (χ1n) is 8.96. The second kappa shape index (κ2) is 9.48. The Morgan fingerprint density at radius 1 is 1.31 bits per heavy atom. The number of carbonyl (C=O) groups excluding carboxylic acids is 1. The van der Waals surface area contributed by atoms with Crippen molar-refractivity contribution in [3.63, 3.8) is 0 Å². The molecule has 0 N–H and O–H groups in total. The molecule has 1 aliphatic heterocycles. The highest BCUT2D eigenvalue weighted by Crippen LogP contribution is 2.39. The van der Waals surface area contributed by atoms with Crippen molar-refractivity contribution < 1.29 is 14.3 Å². The van der Waals surface area contributed by atoms with Crippen LogP contribution in [0.2, 0.25) is 5.02 Å². The average Bonchev–Trinajstić information content (AvgIpc) is 2.95. The maximum atomic E-state index is 13.0. The Balaban J connectivity index is 2.00. The SMILES string of the molecule is C=CCc1cc(/C=C2\SC(=S)N(c3cccc(Cl)c3)C2=O)cc(OCC)c1OC. The van der Waals surface area contributed by atoms with Gasteiger partial charge in [0.2, 0.25) is 0 Å². The third-order valence-electron chi connectivity index (χ3n) is 4.18. The van der Waals surface area contributed by atoms with E-state index < -0.39 is 0 Å². The topological polar surface area (TPSA) is 38.8 Å². The molecule has 0 aromatic heterocycles. The summed E-state index contributed by atoms with van der Waals surface area (Å²) in [6.07, 6.45) is 4.24. The molecule has 0 aliphatic carbocycles. The summed E-state index contributed by atoms with van der Waals surface area (Å²) in [6.45, 7) is 6.22. The Labute approximate surface area is 185 Å². The number of thiocarbonyl (C=S) groups is 1. The van der Waals surface area contributed by atoms with Gasteiger partial charge in [-0.3, -0.25) is 9.69 Å². The first-order chi connectivity index (χ1) is 14.0. The molecule has 0 saturated carbocycles. The molecule has 2 aromatic carbocycles. The smallest absolute Gasteiger partial charge is 0.270 e. The lowest BCUT2D eigenvalue weighted by Gasteiger charge is -2.15. The maximum Gasteiger partial charge on any atom is 0.270 e. The molecule has 150 valence electrons. The fourth-order valence-corrected chi connectivity index (χ4v) is 4.51. The molecule has 4 nitrogen and oxygen atoms in total. The molecule has 0 atom stereocenters. The third-order valence-corrected chi connectivity index (χ3v) is 5.72. The highest BCUT2D eigenvalue weighted by atomic mass is 35.5. The maximum absolute atomic E-state index is 13.0. The highest BCUT2D eigenvalue weighted by Gasteiger charge is 2.33. The number of anilines is 1. The number of nitrogens with zero attached hydrogens (tertiary/aromatic N) is 1. The number of thioether (sulfide) groups is 1. The first kappa shape index (κ1) is 21.4. The van der Waals surface area contributed by atoms with Crippen LogP contribution in [0.3, 0.4) is 0 Å². The quantitative estimate of drug-likeness (QED) is 0.302. The van der Waals surface area contributed by atoms with Crippen molar-refractivity contribution in [1.82, 2.24) is 0 Å². The number of methoxy groups -OCH3 is 1. The van der Waals surface area contributed by atoms with E-state index in [-0.39, 0.29) is 5.91 Å². The monoisotopic (exact) mass is 445 g/mol. The molecular weight excluding hydrogens is 426 g/mol. The number of rotatable bonds is 7. The molecular formula is C22H20ClNO3S2. The fourth-order valence-electron chi connectivity index (χ4n) is 3.03. The zero-order valence-electron chi connectivity index (χ0n) is 16.1. The Bertz CT molecular complexity index is 1000. The van der Waals surface area contributed by atoms with Crippen LogP contribution >= 0.6 is 35.6 Å². The van der Waals surface area contributed by atoms with Gasteiger partial charge < -0.3 is 9.47 Å². The van der Waals surface area contributed by atoms with Crippen LogP contribution in [-0.2, 0) is 11.2 Å². The Morgan fingerprint density at radius 3 is 2.76 bits per heavy atom. The van der Waals surface area contributed by atoms with E-state index in [1.165, 1.54) is 16.7 Å². The second-order valence-electron chi connectivity index (χ2n) is 6.13. The lowest BCUT2D eigenvalue weighted by Crippen LogP contribution is -2.27. The van der Waals surface area contributed by atoms with Crippen molar-refractivity contribution >= 4 is 57.6 Å². The minimum atomic E-state index is -0.179. The van der Waals surface area contributed by atoms with Gasteiger partial charge in [0, 0.05) is 10.6 Å². The van der Waals surface area contributed by atoms with E-state index in [4.69, 9.17) is 33.3 Å². The van der Waals surface area contributed by atoms with Crippen LogP contribution < -0.4 is 14.4 Å². The number of hydrogen-bond donors (Lipinski definition) is 0. The molecule has 0 radical (unpaired) electrons. The number of halogens is 1. The van der Waals surface area contributed by atoms with Gasteiger partial charge in [-0.15, -0.1) is 6.58 Å². The molecule has 1 fully saturated rings. The molecule has 0 unspecified atom stereocenters. The fraction of sp³-hybridized carbons (Fsp3) is 0.182. The number of benzene rings is 2. The van der Waals surface area contributed by atoms with Gasteiger partial charge in [0.15, 0.2) is 15.8 Å². The zero-order chi connectivity index (χ0) is 21.0. The molecule has 0 bridgehead atoms. The highest BCUT2D eigenvalue weighted by molar-refractivity contribution is 8.27. The van der Waals surface area contributed by atoms with Gasteiger partial charge in [-0.05, 0) is 55.3 Å². The van der Waals surface area contributed by atoms with Gasteiger partial charge >= 0.3 is 0 Å². The Kier molecular flexibility index (Phi) is 7.00. The number of carbonyl (C=O) groups is 1. The van der Waals surface area contributed by atoms with E-state index in [9.17, 15) is 4.79 Å². The van der Waals surface area contributed by atoms with Crippen molar-refractivity contribution in [2.45, 2.75) is 13.3 Å². The normalized spacial score (nSPS) is 15.1. The van der Waals surface area contributed by atoms with Crippen LogP contribution in [0.4, 0.5) is 5.69 Å². The molecule has 29 heavy (non-hydrogen) atoms. The van der Waals surface area contributed by atoms with Crippen LogP contribution in [0, 0.1) is 0 Å². The van der Waals surface area contributed by atoms with Gasteiger partial charge in [0.25, 0.3) is 5.91 Å². The molecule has 1 amide bonds. The minimum absolute atomic E-state index is 0.179. The van der Waals surface area contributed by atoms with E-state index in [1.54, 1.807) is 31.4 Å². The summed E-state index contributed by atoms with van der Waals surface area (Å²) in [5.74, 6) is 1.13. The van der Waals surface area contributed by atoms with Crippen molar-refractivity contribution in [3.8, 4) is 11.5 Å². The lowest BCUT2D eigenvalue weighted by atomic mass is 10.0. The predicted octanol–water partition coefficient (Wildman–Crippen LogP) is 5.88. The average molecular weight is 446 g/mol. The number of ether oxygens (including phenoxy) is 2. The van der Waals surface area contributed by atoms with Gasteiger partial charge in [-0.25, -0.2) is 0 Å². The lowest BCUT2D eigenvalue weighted by molar-refractivity contribution is -0.113. The second-order valence-corrected chi connectivity index (χ2v) is 8.25. The largest absolute Gasteiger partial charge is 0.493 e. The van der Waals surface area contributed by atoms with Gasteiger partial charge in [0.1, 0.15) is 0 Å². The summed E-state index contributed by atoms with van der Waals surface area (Å²) >= 11 is 12.8. The predicted molar refractivity (Wildman–Crippen MR) is 125 cm³/mol. The molecule has 1 saturated heterocycles. The number of allylic oxidation sites excluding steroid dienone is 1. The van der Waals surface area contributed by atoms with Crippen molar-refractivity contribution in [2.75, 3.05) is 18.6 Å². The van der Waals surface area contributed by atoms with Crippen LogP contribution in [0.15, 0.2) is 54.0 Å². The standard InChI is InChI=1S/C22H20ClNO3S2/c1-4-7-15-10-14(11-18(27-5-2)20(15)26-3)12-19-21(25)24(22(28)29-19)17-9-6-8-16(23)13-17/h4,6,8-13H,1,5,7H2,2-3H3/b19-12-. The zero-order valence-corrected chi connectivity index (χ0v) is 18.5. The molecule has 1 aliphatic rings. The molecule has 7 heteroatoms.